The molecule has 1 aliphatic rings. The molecule has 0 N–H and O–H groups in total. The monoisotopic (exact) mass is 340 g/mol. The van der Waals surface area contributed by atoms with Crippen molar-refractivity contribution in [3.05, 3.63) is 11.5 Å². The first kappa shape index (κ1) is 19.8. The molecule has 0 aliphatic carbocycles. The summed E-state index contributed by atoms with van der Waals surface area (Å²) in [6, 6.07) is 0. The van der Waals surface area contributed by atoms with E-state index in [-0.39, 0.29) is 18.3 Å². The minimum atomic E-state index is -1.37. The molecule has 1 heterocycles. The third kappa shape index (κ3) is 5.77. The average Bonchev–Trinajstić information content (AvgIpc) is 2.55. The van der Waals surface area contributed by atoms with Crippen molar-refractivity contribution in [2.45, 2.75) is 77.8 Å². The summed E-state index contributed by atoms with van der Waals surface area (Å²) in [5.41, 5.74) is 3.90. The molecule has 0 bridgehead atoms. The second-order valence-electron chi connectivity index (χ2n) is 7.97. The Bertz CT molecular complexity index is 453. The number of rotatable bonds is 5. The summed E-state index contributed by atoms with van der Waals surface area (Å²) in [4.78, 5) is 0. The van der Waals surface area contributed by atoms with Gasteiger partial charge in [0.1, 0.15) is 8.07 Å². The van der Waals surface area contributed by atoms with Gasteiger partial charge in [-0.25, -0.2) is 0 Å². The van der Waals surface area contributed by atoms with Gasteiger partial charge in [-0.1, -0.05) is 25.6 Å². The van der Waals surface area contributed by atoms with Crippen LogP contribution in [0.2, 0.25) is 19.6 Å². The molecule has 124 valence electrons. The molecule has 1 aliphatic heterocycles. The molecule has 0 spiro atoms. The Kier molecular flexibility index (Phi) is 6.83. The summed E-state index contributed by atoms with van der Waals surface area (Å²) in [5, 5.41) is 0. The molecule has 0 aromatic rings. The van der Waals surface area contributed by atoms with Crippen molar-refractivity contribution >= 4 is 26.8 Å². The fourth-order valence-corrected chi connectivity index (χ4v) is 2.72. The van der Waals surface area contributed by atoms with Gasteiger partial charge >= 0.3 is 7.12 Å². The molecule has 0 saturated carbocycles. The van der Waals surface area contributed by atoms with Gasteiger partial charge in [0, 0.05) is 5.88 Å². The highest BCUT2D eigenvalue weighted by Gasteiger charge is 2.52. The van der Waals surface area contributed by atoms with Gasteiger partial charge in [0.05, 0.1) is 11.2 Å². The highest BCUT2D eigenvalue weighted by Crippen LogP contribution is 2.39. The molecule has 0 radical (unpaired) electrons. The van der Waals surface area contributed by atoms with Crippen molar-refractivity contribution in [2.24, 2.45) is 0 Å². The van der Waals surface area contributed by atoms with Crippen LogP contribution in [-0.4, -0.2) is 32.3 Å². The maximum Gasteiger partial charge on any atom is 0.491 e. The number of unbranched alkanes of at least 4 members (excludes halogenated alkanes) is 1. The minimum absolute atomic E-state index is 0.295. The molecular weight excluding hydrogens is 311 g/mol. The first-order valence-electron chi connectivity index (χ1n) is 8.12. The lowest BCUT2D eigenvalue weighted by Gasteiger charge is -2.32. The van der Waals surface area contributed by atoms with E-state index < -0.39 is 8.07 Å². The molecule has 2 nitrogen and oxygen atoms in total. The van der Waals surface area contributed by atoms with Crippen molar-refractivity contribution < 1.29 is 9.31 Å². The highest BCUT2D eigenvalue weighted by atomic mass is 35.5. The van der Waals surface area contributed by atoms with E-state index in [9.17, 15) is 0 Å². The van der Waals surface area contributed by atoms with Crippen LogP contribution in [0.15, 0.2) is 11.5 Å². The van der Waals surface area contributed by atoms with Crippen LogP contribution in [0.25, 0.3) is 0 Å². The van der Waals surface area contributed by atoms with E-state index in [4.69, 9.17) is 20.9 Å². The predicted molar refractivity (Wildman–Crippen MR) is 99.9 cm³/mol. The largest absolute Gasteiger partial charge is 0.491 e. The fourth-order valence-electron chi connectivity index (χ4n) is 2.02. The maximum absolute atomic E-state index is 6.16. The molecular formula is C17H30BClO2Si. The van der Waals surface area contributed by atoms with Gasteiger partial charge in [-0.2, -0.15) is 0 Å². The van der Waals surface area contributed by atoms with E-state index in [0.29, 0.717) is 5.88 Å². The van der Waals surface area contributed by atoms with E-state index in [1.165, 1.54) is 0 Å². The molecule has 0 atom stereocenters. The molecule has 5 heteroatoms. The Hall–Kier alpha value is -0.208. The number of allylic oxidation sites excluding steroid dienone is 2. The SMILES string of the molecule is CC1(C)OB(/C(=C/C#C[Si](C)(C)C)CCCCCl)OC1(C)C. The van der Waals surface area contributed by atoms with Gasteiger partial charge < -0.3 is 9.31 Å². The summed E-state index contributed by atoms with van der Waals surface area (Å²) in [6.45, 7) is 15.1. The van der Waals surface area contributed by atoms with Crippen molar-refractivity contribution in [3.63, 3.8) is 0 Å². The summed E-state index contributed by atoms with van der Waals surface area (Å²) in [5.74, 6) is 3.93. The van der Waals surface area contributed by atoms with Crippen LogP contribution in [0, 0.1) is 11.5 Å². The van der Waals surface area contributed by atoms with Crippen LogP contribution < -0.4 is 0 Å². The highest BCUT2D eigenvalue weighted by molar-refractivity contribution is 6.83. The van der Waals surface area contributed by atoms with E-state index in [1.807, 2.05) is 6.08 Å². The van der Waals surface area contributed by atoms with E-state index in [0.717, 1.165) is 24.7 Å². The molecule has 0 amide bonds. The molecule has 1 fully saturated rings. The van der Waals surface area contributed by atoms with E-state index >= 15 is 0 Å². The summed E-state index contributed by atoms with van der Waals surface area (Å²) < 4.78 is 12.3. The Morgan fingerprint density at radius 2 is 1.64 bits per heavy atom. The number of hydrogen-bond donors (Lipinski definition) is 0. The molecule has 0 aromatic carbocycles. The van der Waals surface area contributed by atoms with Crippen LogP contribution in [0.4, 0.5) is 0 Å². The molecule has 1 rings (SSSR count). The van der Waals surface area contributed by atoms with Crippen LogP contribution in [0.3, 0.4) is 0 Å². The maximum atomic E-state index is 6.16. The summed E-state index contributed by atoms with van der Waals surface area (Å²) in [7, 11) is -1.66. The zero-order valence-electron chi connectivity index (χ0n) is 15.2. The lowest BCUT2D eigenvalue weighted by Crippen LogP contribution is -2.41. The summed E-state index contributed by atoms with van der Waals surface area (Å²) in [6.07, 6.45) is 4.96. The van der Waals surface area contributed by atoms with Gasteiger partial charge in [0.15, 0.2) is 0 Å². The quantitative estimate of drug-likeness (QED) is 0.309. The zero-order valence-corrected chi connectivity index (χ0v) is 16.9. The van der Waals surface area contributed by atoms with Gasteiger partial charge in [0.2, 0.25) is 0 Å². The number of alkyl halides is 1. The standard InChI is InChI=1S/C17H30BClO2Si/c1-16(2)17(3,4)21-18(20-16)15(11-8-9-13-19)12-10-14-22(5,6)7/h12H,8-9,11,13H2,1-7H3/b15-12+. The Morgan fingerprint density at radius 1 is 1.09 bits per heavy atom. The lowest BCUT2D eigenvalue weighted by atomic mass is 9.75. The van der Waals surface area contributed by atoms with Crippen molar-refractivity contribution in [2.75, 3.05) is 5.88 Å². The minimum Gasteiger partial charge on any atom is -0.400 e. The average molecular weight is 341 g/mol. The smallest absolute Gasteiger partial charge is 0.400 e. The normalized spacial score (nSPS) is 20.7. The third-order valence-electron chi connectivity index (χ3n) is 4.11. The van der Waals surface area contributed by atoms with E-state index in [1.54, 1.807) is 0 Å². The molecule has 22 heavy (non-hydrogen) atoms. The zero-order chi connectivity index (χ0) is 17.0. The second kappa shape index (κ2) is 7.57. The topological polar surface area (TPSA) is 18.5 Å². The van der Waals surface area contributed by atoms with Gasteiger partial charge in [-0.3, -0.25) is 0 Å². The van der Waals surface area contributed by atoms with Crippen LogP contribution in [0.5, 0.6) is 0 Å². The van der Waals surface area contributed by atoms with Crippen molar-refractivity contribution in [1.82, 2.24) is 0 Å². The Labute approximate surface area is 143 Å². The number of hydrogen-bond acceptors (Lipinski definition) is 2. The fraction of sp³-hybridized carbons (Fsp3) is 0.765. The third-order valence-corrected chi connectivity index (χ3v) is 5.27. The van der Waals surface area contributed by atoms with Crippen LogP contribution in [0.1, 0.15) is 47.0 Å². The first-order chi connectivity index (χ1) is 9.98. The van der Waals surface area contributed by atoms with Gasteiger partial charge in [-0.05, 0) is 58.5 Å². The van der Waals surface area contributed by atoms with Crippen LogP contribution >= 0.6 is 11.6 Å². The van der Waals surface area contributed by atoms with Crippen LogP contribution in [-0.2, 0) is 9.31 Å². The molecule has 1 saturated heterocycles. The van der Waals surface area contributed by atoms with E-state index in [2.05, 4.69) is 58.8 Å². The van der Waals surface area contributed by atoms with Gasteiger partial charge in [0.25, 0.3) is 0 Å². The summed E-state index contributed by atoms with van der Waals surface area (Å²) >= 11 is 5.80. The second-order valence-corrected chi connectivity index (χ2v) is 13.1. The predicted octanol–water partition coefficient (Wildman–Crippen LogP) is 4.83. The van der Waals surface area contributed by atoms with Crippen molar-refractivity contribution in [3.8, 4) is 11.5 Å². The van der Waals surface area contributed by atoms with Gasteiger partial charge in [-0.15, -0.1) is 17.1 Å². The molecule has 0 aromatic heterocycles. The first-order valence-corrected chi connectivity index (χ1v) is 12.2. The molecule has 0 unspecified atom stereocenters. The lowest BCUT2D eigenvalue weighted by molar-refractivity contribution is 0.00578. The number of halogens is 1. The van der Waals surface area contributed by atoms with Crippen molar-refractivity contribution in [1.29, 1.82) is 0 Å². The Morgan fingerprint density at radius 3 is 2.09 bits per heavy atom. The Balaban J connectivity index is 2.91.